The van der Waals surface area contributed by atoms with Crippen LogP contribution in [0, 0.1) is 11.7 Å². The number of nitrogens with zero attached hydrogens (tertiary/aromatic N) is 2. The Morgan fingerprint density at radius 1 is 1.04 bits per heavy atom. The number of rotatable bonds is 4. The van der Waals surface area contributed by atoms with E-state index >= 15 is 0 Å². The van der Waals surface area contributed by atoms with E-state index < -0.39 is 29.6 Å². The molecule has 1 aliphatic heterocycles. The second-order valence-corrected chi connectivity index (χ2v) is 5.40. The number of carbonyl (C=O) groups excluding carboxylic acids is 3. The van der Waals surface area contributed by atoms with E-state index in [2.05, 4.69) is 10.3 Å². The number of aliphatic imine (C=N–C) groups is 1. The van der Waals surface area contributed by atoms with Crippen LogP contribution in [-0.2, 0) is 16.1 Å². The highest BCUT2D eigenvalue weighted by Crippen LogP contribution is 2.20. The Hall–Kier alpha value is -3.35. The summed E-state index contributed by atoms with van der Waals surface area (Å²) in [6.07, 6.45) is 1.23. The van der Waals surface area contributed by atoms with E-state index in [1.165, 1.54) is 18.3 Å². The van der Waals surface area contributed by atoms with Gasteiger partial charge in [0.15, 0.2) is 5.92 Å². The van der Waals surface area contributed by atoms with E-state index in [1.54, 1.807) is 0 Å². The van der Waals surface area contributed by atoms with Crippen molar-refractivity contribution in [3.8, 4) is 0 Å². The van der Waals surface area contributed by atoms with E-state index in [9.17, 15) is 18.8 Å². The summed E-state index contributed by atoms with van der Waals surface area (Å²) < 4.78 is 13.0. The van der Waals surface area contributed by atoms with Crippen molar-refractivity contribution in [2.75, 3.05) is 4.90 Å². The molecule has 7 heteroatoms. The summed E-state index contributed by atoms with van der Waals surface area (Å²) in [6, 6.07) is 13.3. The van der Waals surface area contributed by atoms with Gasteiger partial charge >= 0.3 is 6.03 Å². The second-order valence-electron chi connectivity index (χ2n) is 5.40. The normalized spacial score (nSPS) is 17.9. The number of carbonyl (C=O) groups is 3. The highest BCUT2D eigenvalue weighted by molar-refractivity contribution is 6.32. The standard InChI is InChI=1S/C18H14FN3O3/c19-13-6-8-14(9-7-13)22-17(24)15(16(23)21-18(22)25)11-20-10-12-4-2-1-3-5-12/h1-9,11,15H,10H2,(H,21,23,25)/t15-/m0/s1. The fourth-order valence-corrected chi connectivity index (χ4v) is 2.40. The summed E-state index contributed by atoms with van der Waals surface area (Å²) in [5, 5.41) is 2.11. The first-order valence-electron chi connectivity index (χ1n) is 7.54. The molecule has 25 heavy (non-hydrogen) atoms. The predicted octanol–water partition coefficient (Wildman–Crippen LogP) is 2.30. The summed E-state index contributed by atoms with van der Waals surface area (Å²) in [4.78, 5) is 41.4. The molecule has 0 unspecified atom stereocenters. The fraction of sp³-hybridized carbons (Fsp3) is 0.111. The first kappa shape index (κ1) is 16.5. The van der Waals surface area contributed by atoms with Gasteiger partial charge in [0.25, 0.3) is 5.91 Å². The lowest BCUT2D eigenvalue weighted by Crippen LogP contribution is -2.58. The Balaban J connectivity index is 1.79. The molecule has 0 radical (unpaired) electrons. The number of benzene rings is 2. The zero-order chi connectivity index (χ0) is 17.8. The number of amides is 4. The topological polar surface area (TPSA) is 78.8 Å². The van der Waals surface area contributed by atoms with Crippen LogP contribution in [0.2, 0.25) is 0 Å². The molecule has 1 fully saturated rings. The number of barbiturate groups is 1. The molecule has 0 aliphatic carbocycles. The average Bonchev–Trinajstić information content (AvgIpc) is 2.60. The molecule has 1 N–H and O–H groups in total. The number of hydrogen-bond donors (Lipinski definition) is 1. The van der Waals surface area contributed by atoms with E-state index in [0.717, 1.165) is 22.6 Å². The third kappa shape index (κ3) is 3.60. The van der Waals surface area contributed by atoms with Gasteiger partial charge in [-0.2, -0.15) is 0 Å². The molecule has 126 valence electrons. The zero-order valence-corrected chi connectivity index (χ0v) is 13.1. The fourth-order valence-electron chi connectivity index (χ4n) is 2.40. The van der Waals surface area contributed by atoms with Crippen LogP contribution in [0.3, 0.4) is 0 Å². The second kappa shape index (κ2) is 7.04. The van der Waals surface area contributed by atoms with Gasteiger partial charge in [0.05, 0.1) is 12.2 Å². The summed E-state index contributed by atoms with van der Waals surface area (Å²) >= 11 is 0. The molecule has 1 atom stereocenters. The Morgan fingerprint density at radius 2 is 1.72 bits per heavy atom. The Morgan fingerprint density at radius 3 is 2.40 bits per heavy atom. The van der Waals surface area contributed by atoms with Gasteiger partial charge in [-0.1, -0.05) is 30.3 Å². The van der Waals surface area contributed by atoms with Crippen molar-refractivity contribution in [1.29, 1.82) is 0 Å². The highest BCUT2D eigenvalue weighted by atomic mass is 19.1. The molecule has 6 nitrogen and oxygen atoms in total. The third-order valence-corrected chi connectivity index (χ3v) is 3.66. The van der Waals surface area contributed by atoms with Crippen LogP contribution in [0.15, 0.2) is 59.6 Å². The summed E-state index contributed by atoms with van der Waals surface area (Å²) in [6.45, 7) is 0.308. The summed E-state index contributed by atoms with van der Waals surface area (Å²) in [5.41, 5.74) is 1.10. The average molecular weight is 339 g/mol. The van der Waals surface area contributed by atoms with Crippen molar-refractivity contribution in [2.45, 2.75) is 6.54 Å². The van der Waals surface area contributed by atoms with Gasteiger partial charge in [0, 0.05) is 6.21 Å². The van der Waals surface area contributed by atoms with E-state index in [-0.39, 0.29) is 5.69 Å². The van der Waals surface area contributed by atoms with Crippen molar-refractivity contribution >= 4 is 29.7 Å². The van der Waals surface area contributed by atoms with Crippen LogP contribution in [0.1, 0.15) is 5.56 Å². The van der Waals surface area contributed by atoms with E-state index in [1.807, 2.05) is 30.3 Å². The quantitative estimate of drug-likeness (QED) is 0.686. The molecule has 0 aromatic heterocycles. The molecule has 2 aromatic carbocycles. The van der Waals surface area contributed by atoms with Gasteiger partial charge in [-0.15, -0.1) is 0 Å². The number of halogens is 1. The first-order chi connectivity index (χ1) is 12.1. The van der Waals surface area contributed by atoms with Crippen molar-refractivity contribution in [3.05, 3.63) is 66.0 Å². The highest BCUT2D eigenvalue weighted by Gasteiger charge is 2.40. The van der Waals surface area contributed by atoms with Gasteiger partial charge in [-0.25, -0.2) is 14.1 Å². The first-order valence-corrected chi connectivity index (χ1v) is 7.54. The maximum absolute atomic E-state index is 13.0. The van der Waals surface area contributed by atoms with Crippen LogP contribution < -0.4 is 10.2 Å². The van der Waals surface area contributed by atoms with Gasteiger partial charge in [-0.3, -0.25) is 19.9 Å². The van der Waals surface area contributed by atoms with Crippen LogP contribution >= 0.6 is 0 Å². The molecule has 0 bridgehead atoms. The molecule has 1 saturated heterocycles. The monoisotopic (exact) mass is 339 g/mol. The number of imide groups is 2. The minimum absolute atomic E-state index is 0.179. The van der Waals surface area contributed by atoms with Gasteiger partial charge in [0.2, 0.25) is 5.91 Å². The SMILES string of the molecule is O=C1NC(=O)N(c2ccc(F)cc2)C(=O)[C@H]1C=NCc1ccccc1. The number of anilines is 1. The van der Waals surface area contributed by atoms with Gasteiger partial charge in [0.1, 0.15) is 5.82 Å². The molecular weight excluding hydrogens is 325 g/mol. The summed E-state index contributed by atoms with van der Waals surface area (Å²) in [7, 11) is 0. The van der Waals surface area contributed by atoms with Crippen LogP contribution in [-0.4, -0.2) is 24.1 Å². The molecule has 0 saturated carbocycles. The van der Waals surface area contributed by atoms with Crippen molar-refractivity contribution in [2.24, 2.45) is 10.9 Å². The van der Waals surface area contributed by atoms with E-state index in [0.29, 0.717) is 6.54 Å². The number of nitrogens with one attached hydrogen (secondary N) is 1. The van der Waals surface area contributed by atoms with Crippen molar-refractivity contribution in [1.82, 2.24) is 5.32 Å². The smallest absolute Gasteiger partial charge is 0.291 e. The zero-order valence-electron chi connectivity index (χ0n) is 13.1. The Labute approximate surface area is 143 Å². The maximum atomic E-state index is 13.0. The molecule has 0 spiro atoms. The molecule has 1 heterocycles. The van der Waals surface area contributed by atoms with Crippen LogP contribution in [0.4, 0.5) is 14.9 Å². The lowest BCUT2D eigenvalue weighted by atomic mass is 10.1. The summed E-state index contributed by atoms with van der Waals surface area (Å²) in [5.74, 6) is -3.17. The number of hydrogen-bond acceptors (Lipinski definition) is 4. The minimum Gasteiger partial charge on any atom is -0.291 e. The van der Waals surface area contributed by atoms with Crippen LogP contribution in [0.5, 0.6) is 0 Å². The van der Waals surface area contributed by atoms with E-state index in [4.69, 9.17) is 0 Å². The lowest BCUT2D eigenvalue weighted by Gasteiger charge is -2.28. The lowest BCUT2D eigenvalue weighted by molar-refractivity contribution is -0.131. The molecule has 3 rings (SSSR count). The molecular formula is C18H14FN3O3. The predicted molar refractivity (Wildman–Crippen MR) is 89.6 cm³/mol. The maximum Gasteiger partial charge on any atom is 0.335 e. The van der Waals surface area contributed by atoms with Crippen LogP contribution in [0.25, 0.3) is 0 Å². The Kier molecular flexibility index (Phi) is 4.65. The van der Waals surface area contributed by atoms with Gasteiger partial charge < -0.3 is 0 Å². The van der Waals surface area contributed by atoms with Crippen molar-refractivity contribution in [3.63, 3.8) is 0 Å². The van der Waals surface area contributed by atoms with Crippen molar-refractivity contribution < 1.29 is 18.8 Å². The van der Waals surface area contributed by atoms with Gasteiger partial charge in [-0.05, 0) is 29.8 Å². The Bertz CT molecular complexity index is 834. The number of urea groups is 1. The third-order valence-electron chi connectivity index (χ3n) is 3.66. The molecule has 1 aliphatic rings. The minimum atomic E-state index is -1.22. The largest absolute Gasteiger partial charge is 0.335 e. The molecule has 2 aromatic rings. The molecule has 4 amide bonds.